The van der Waals surface area contributed by atoms with Crippen molar-refractivity contribution >= 4 is 5.91 Å². The van der Waals surface area contributed by atoms with Crippen molar-refractivity contribution in [1.82, 2.24) is 14.7 Å². The normalized spacial score (nSPS) is 17.7. The lowest BCUT2D eigenvalue weighted by Crippen LogP contribution is -2.36. The van der Waals surface area contributed by atoms with E-state index >= 15 is 0 Å². The molecule has 1 aliphatic rings. The number of rotatable bonds is 4. The van der Waals surface area contributed by atoms with Crippen LogP contribution in [0.15, 0.2) is 36.7 Å². The molecule has 3 rings (SSSR count). The molecular weight excluding hydrogens is 278 g/mol. The number of carbonyl (C=O) groups excluding carboxylic acids is 1. The molecule has 1 saturated heterocycles. The Kier molecular flexibility index (Phi) is 4.13. The standard InChI is InChI=1S/C17H21N3O2/c1-19-12-14(11-18-19)17(21)20-9-3-4-15(20)10-13-5-7-16(22-2)8-6-13/h5-8,11-12,15H,3-4,9-10H2,1-2H3/t15-/m1/s1. The molecule has 1 fully saturated rings. The highest BCUT2D eigenvalue weighted by Crippen LogP contribution is 2.24. The van der Waals surface area contributed by atoms with E-state index in [1.165, 1.54) is 5.56 Å². The molecule has 0 aliphatic carbocycles. The van der Waals surface area contributed by atoms with Crippen LogP contribution in [-0.2, 0) is 13.5 Å². The van der Waals surface area contributed by atoms with Gasteiger partial charge in [0.2, 0.25) is 0 Å². The summed E-state index contributed by atoms with van der Waals surface area (Å²) in [7, 11) is 3.50. The van der Waals surface area contributed by atoms with E-state index in [0.717, 1.165) is 31.6 Å². The van der Waals surface area contributed by atoms with Crippen LogP contribution in [0.5, 0.6) is 5.75 Å². The fraction of sp³-hybridized carbons (Fsp3) is 0.412. The number of aryl methyl sites for hydroxylation is 1. The van der Waals surface area contributed by atoms with Gasteiger partial charge < -0.3 is 9.64 Å². The lowest BCUT2D eigenvalue weighted by molar-refractivity contribution is 0.0736. The third-order valence-electron chi connectivity index (χ3n) is 4.22. The Hall–Kier alpha value is -2.30. The number of aromatic nitrogens is 2. The average molecular weight is 299 g/mol. The molecular formula is C17H21N3O2. The molecule has 5 heteroatoms. The summed E-state index contributed by atoms with van der Waals surface area (Å²) in [4.78, 5) is 14.6. The Bertz CT molecular complexity index is 648. The van der Waals surface area contributed by atoms with Gasteiger partial charge in [-0.3, -0.25) is 9.48 Å². The molecule has 2 heterocycles. The van der Waals surface area contributed by atoms with Crippen LogP contribution >= 0.6 is 0 Å². The van der Waals surface area contributed by atoms with Crippen LogP contribution in [0.1, 0.15) is 28.8 Å². The molecule has 22 heavy (non-hydrogen) atoms. The molecule has 116 valence electrons. The van der Waals surface area contributed by atoms with Gasteiger partial charge in [-0.15, -0.1) is 0 Å². The van der Waals surface area contributed by atoms with Crippen LogP contribution in [0, 0.1) is 0 Å². The minimum atomic E-state index is 0.0871. The maximum absolute atomic E-state index is 12.6. The van der Waals surface area contributed by atoms with Crippen molar-refractivity contribution in [2.24, 2.45) is 7.05 Å². The number of ether oxygens (including phenoxy) is 1. The molecule has 1 atom stereocenters. The van der Waals surface area contributed by atoms with Gasteiger partial charge in [-0.2, -0.15) is 5.10 Å². The minimum Gasteiger partial charge on any atom is -0.497 e. The zero-order chi connectivity index (χ0) is 15.5. The number of amides is 1. The second kappa shape index (κ2) is 6.22. The summed E-state index contributed by atoms with van der Waals surface area (Å²) in [6, 6.07) is 8.35. The highest BCUT2D eigenvalue weighted by molar-refractivity contribution is 5.94. The van der Waals surface area contributed by atoms with Gasteiger partial charge in [-0.1, -0.05) is 12.1 Å². The number of hydrogen-bond acceptors (Lipinski definition) is 3. The summed E-state index contributed by atoms with van der Waals surface area (Å²) in [6.45, 7) is 0.828. The summed E-state index contributed by atoms with van der Waals surface area (Å²) in [6.07, 6.45) is 6.43. The van der Waals surface area contributed by atoms with Crippen molar-refractivity contribution < 1.29 is 9.53 Å². The van der Waals surface area contributed by atoms with Crippen molar-refractivity contribution in [3.63, 3.8) is 0 Å². The molecule has 1 aromatic heterocycles. The van der Waals surface area contributed by atoms with Crippen LogP contribution in [0.25, 0.3) is 0 Å². The average Bonchev–Trinajstić information content (AvgIpc) is 3.16. The fourth-order valence-electron chi connectivity index (χ4n) is 3.05. The molecule has 1 aromatic carbocycles. The highest BCUT2D eigenvalue weighted by atomic mass is 16.5. The number of hydrogen-bond donors (Lipinski definition) is 0. The molecule has 0 N–H and O–H groups in total. The largest absolute Gasteiger partial charge is 0.497 e. The summed E-state index contributed by atoms with van der Waals surface area (Å²) in [5.74, 6) is 0.947. The van der Waals surface area contributed by atoms with Crippen LogP contribution in [0.4, 0.5) is 0 Å². The molecule has 0 unspecified atom stereocenters. The Balaban J connectivity index is 1.71. The second-order valence-electron chi connectivity index (χ2n) is 5.75. The zero-order valence-electron chi connectivity index (χ0n) is 13.0. The highest BCUT2D eigenvalue weighted by Gasteiger charge is 2.29. The molecule has 0 bridgehead atoms. The summed E-state index contributed by atoms with van der Waals surface area (Å²) in [5.41, 5.74) is 1.90. The monoisotopic (exact) mass is 299 g/mol. The van der Waals surface area contributed by atoms with Gasteiger partial charge in [0.15, 0.2) is 0 Å². The van der Waals surface area contributed by atoms with E-state index in [1.54, 1.807) is 24.2 Å². The SMILES string of the molecule is COc1ccc(C[C@H]2CCCN2C(=O)c2cnn(C)c2)cc1. The summed E-state index contributed by atoms with van der Waals surface area (Å²) >= 11 is 0. The molecule has 2 aromatic rings. The van der Waals surface area contributed by atoms with Gasteiger partial charge in [0.05, 0.1) is 18.9 Å². The third-order valence-corrected chi connectivity index (χ3v) is 4.22. The Labute approximate surface area is 130 Å². The Morgan fingerprint density at radius 2 is 2.14 bits per heavy atom. The van der Waals surface area contributed by atoms with E-state index in [2.05, 4.69) is 17.2 Å². The van der Waals surface area contributed by atoms with Crippen molar-refractivity contribution in [2.75, 3.05) is 13.7 Å². The molecule has 1 amide bonds. The van der Waals surface area contributed by atoms with Crippen molar-refractivity contribution in [1.29, 1.82) is 0 Å². The topological polar surface area (TPSA) is 47.4 Å². The molecule has 5 nitrogen and oxygen atoms in total. The number of benzene rings is 1. The van der Waals surface area contributed by atoms with E-state index < -0.39 is 0 Å². The van der Waals surface area contributed by atoms with Crippen LogP contribution in [0.3, 0.4) is 0 Å². The number of nitrogens with zero attached hydrogens (tertiary/aromatic N) is 3. The maximum Gasteiger partial charge on any atom is 0.257 e. The molecule has 0 saturated carbocycles. The Morgan fingerprint density at radius 1 is 1.36 bits per heavy atom. The first-order valence-electron chi connectivity index (χ1n) is 7.60. The first kappa shape index (κ1) is 14.6. The van der Waals surface area contributed by atoms with Crippen molar-refractivity contribution in [3.8, 4) is 5.75 Å². The number of carbonyl (C=O) groups is 1. The first-order chi connectivity index (χ1) is 10.7. The lowest BCUT2D eigenvalue weighted by Gasteiger charge is -2.24. The van der Waals surface area contributed by atoms with Crippen molar-refractivity contribution in [3.05, 3.63) is 47.8 Å². The quantitative estimate of drug-likeness (QED) is 0.870. The lowest BCUT2D eigenvalue weighted by atomic mass is 10.0. The van der Waals surface area contributed by atoms with Crippen molar-refractivity contribution in [2.45, 2.75) is 25.3 Å². The van der Waals surface area contributed by atoms with Crippen LogP contribution < -0.4 is 4.74 Å². The van der Waals surface area contributed by atoms with E-state index in [-0.39, 0.29) is 11.9 Å². The number of likely N-dealkylation sites (tertiary alicyclic amines) is 1. The van der Waals surface area contributed by atoms with Gasteiger partial charge in [-0.25, -0.2) is 0 Å². The molecule has 0 spiro atoms. The van der Waals surface area contributed by atoms with Gasteiger partial charge in [0.25, 0.3) is 5.91 Å². The zero-order valence-corrected chi connectivity index (χ0v) is 13.0. The van der Waals surface area contributed by atoms with E-state index in [0.29, 0.717) is 5.56 Å². The minimum absolute atomic E-state index is 0.0871. The molecule has 1 aliphatic heterocycles. The maximum atomic E-state index is 12.6. The summed E-state index contributed by atoms with van der Waals surface area (Å²) in [5, 5.41) is 4.09. The van der Waals surface area contributed by atoms with E-state index in [9.17, 15) is 4.79 Å². The van der Waals surface area contributed by atoms with Crippen LogP contribution in [0.2, 0.25) is 0 Å². The summed E-state index contributed by atoms with van der Waals surface area (Å²) < 4.78 is 6.85. The van der Waals surface area contributed by atoms with Gasteiger partial charge in [0, 0.05) is 25.8 Å². The Morgan fingerprint density at radius 3 is 2.77 bits per heavy atom. The predicted molar refractivity (Wildman–Crippen MR) is 84.0 cm³/mol. The van der Waals surface area contributed by atoms with E-state index in [4.69, 9.17) is 4.74 Å². The van der Waals surface area contributed by atoms with E-state index in [1.807, 2.05) is 24.1 Å². The van der Waals surface area contributed by atoms with Gasteiger partial charge in [-0.05, 0) is 37.0 Å². The third kappa shape index (κ3) is 2.98. The number of methoxy groups -OCH3 is 1. The second-order valence-corrected chi connectivity index (χ2v) is 5.75. The molecule has 0 radical (unpaired) electrons. The van der Waals surface area contributed by atoms with Gasteiger partial charge in [0.1, 0.15) is 5.75 Å². The smallest absolute Gasteiger partial charge is 0.257 e. The predicted octanol–water partition coefficient (Wildman–Crippen LogP) is 2.28. The van der Waals surface area contributed by atoms with Gasteiger partial charge >= 0.3 is 0 Å². The first-order valence-corrected chi connectivity index (χ1v) is 7.60. The fourth-order valence-corrected chi connectivity index (χ4v) is 3.05. The van der Waals surface area contributed by atoms with Crippen LogP contribution in [-0.4, -0.2) is 40.3 Å².